The Bertz CT molecular complexity index is 554. The quantitative estimate of drug-likeness (QED) is 0.879. The zero-order valence-corrected chi connectivity index (χ0v) is 11.1. The molecule has 0 aromatic heterocycles. The summed E-state index contributed by atoms with van der Waals surface area (Å²) in [4.78, 5) is 0. The molecule has 2 rings (SSSR count). The number of hydrogen-bond acceptors (Lipinski definition) is 1. The predicted molar refractivity (Wildman–Crippen MR) is 73.5 cm³/mol. The van der Waals surface area contributed by atoms with Gasteiger partial charge in [-0.1, -0.05) is 41.9 Å². The van der Waals surface area contributed by atoms with Crippen LogP contribution in [0.3, 0.4) is 0 Å². The smallest absolute Gasteiger partial charge is 0.128 e. The van der Waals surface area contributed by atoms with E-state index in [1.165, 1.54) is 6.07 Å². The summed E-state index contributed by atoms with van der Waals surface area (Å²) in [6, 6.07) is 12.4. The van der Waals surface area contributed by atoms with E-state index in [2.05, 4.69) is 5.32 Å². The first-order chi connectivity index (χ1) is 8.63. The second-order valence-electron chi connectivity index (χ2n) is 4.25. The Morgan fingerprint density at radius 1 is 1.17 bits per heavy atom. The van der Waals surface area contributed by atoms with E-state index in [0.29, 0.717) is 10.6 Å². The standard InChI is InChI=1S/C15H15ClFN/c1-10-7-8-11(9-13(10)16)15(18-2)12-5-3-4-6-14(12)17/h3-9,15,18H,1-2H3. The number of nitrogens with one attached hydrogen (secondary N) is 1. The Balaban J connectivity index is 2.45. The number of halogens is 2. The maximum Gasteiger partial charge on any atom is 0.128 e. The van der Waals surface area contributed by atoms with Crippen LogP contribution in [0.5, 0.6) is 0 Å². The number of aryl methyl sites for hydroxylation is 1. The summed E-state index contributed by atoms with van der Waals surface area (Å²) in [5.74, 6) is -0.214. The van der Waals surface area contributed by atoms with E-state index in [-0.39, 0.29) is 11.9 Å². The molecule has 3 heteroatoms. The lowest BCUT2D eigenvalue weighted by Gasteiger charge is -2.18. The summed E-state index contributed by atoms with van der Waals surface area (Å²) < 4.78 is 13.8. The number of hydrogen-bond donors (Lipinski definition) is 1. The first-order valence-electron chi connectivity index (χ1n) is 5.81. The van der Waals surface area contributed by atoms with E-state index in [1.807, 2.05) is 38.2 Å². The molecule has 0 saturated carbocycles. The van der Waals surface area contributed by atoms with Crippen molar-refractivity contribution in [2.24, 2.45) is 0 Å². The Kier molecular flexibility index (Phi) is 4.00. The maximum atomic E-state index is 13.8. The lowest BCUT2D eigenvalue weighted by Crippen LogP contribution is -2.18. The van der Waals surface area contributed by atoms with E-state index >= 15 is 0 Å². The zero-order chi connectivity index (χ0) is 13.1. The molecule has 94 valence electrons. The average Bonchev–Trinajstić information content (AvgIpc) is 2.37. The SMILES string of the molecule is CNC(c1ccc(C)c(Cl)c1)c1ccccc1F. The van der Waals surface area contributed by atoms with Crippen molar-refractivity contribution in [3.63, 3.8) is 0 Å². The van der Waals surface area contributed by atoms with Crippen LogP contribution in [0.2, 0.25) is 5.02 Å². The normalized spacial score (nSPS) is 12.4. The highest BCUT2D eigenvalue weighted by molar-refractivity contribution is 6.31. The third-order valence-corrected chi connectivity index (χ3v) is 3.44. The Labute approximate surface area is 112 Å². The molecule has 0 saturated heterocycles. The van der Waals surface area contributed by atoms with Crippen LogP contribution >= 0.6 is 11.6 Å². The van der Waals surface area contributed by atoms with Gasteiger partial charge >= 0.3 is 0 Å². The summed E-state index contributed by atoms with van der Waals surface area (Å²) in [6.45, 7) is 1.95. The molecule has 0 heterocycles. The summed E-state index contributed by atoms with van der Waals surface area (Å²) in [6.07, 6.45) is 0. The molecule has 2 aromatic carbocycles. The van der Waals surface area contributed by atoms with Gasteiger partial charge in [-0.3, -0.25) is 0 Å². The van der Waals surface area contributed by atoms with Crippen LogP contribution in [0.15, 0.2) is 42.5 Å². The predicted octanol–water partition coefficient (Wildman–Crippen LogP) is 4.10. The van der Waals surface area contributed by atoms with Gasteiger partial charge in [-0.05, 0) is 37.2 Å². The summed E-state index contributed by atoms with van der Waals surface area (Å²) >= 11 is 6.12. The van der Waals surface area contributed by atoms with Crippen molar-refractivity contribution in [3.05, 3.63) is 70.0 Å². The van der Waals surface area contributed by atoms with E-state index in [1.54, 1.807) is 12.1 Å². The fourth-order valence-electron chi connectivity index (χ4n) is 2.00. The van der Waals surface area contributed by atoms with E-state index < -0.39 is 0 Å². The van der Waals surface area contributed by atoms with Gasteiger partial charge < -0.3 is 5.32 Å². The maximum absolute atomic E-state index is 13.8. The first kappa shape index (κ1) is 13.1. The molecular weight excluding hydrogens is 249 g/mol. The lowest BCUT2D eigenvalue weighted by molar-refractivity contribution is 0.576. The highest BCUT2D eigenvalue weighted by Crippen LogP contribution is 2.27. The van der Waals surface area contributed by atoms with Gasteiger partial charge in [-0.2, -0.15) is 0 Å². The molecule has 1 N–H and O–H groups in total. The van der Waals surface area contributed by atoms with E-state index in [4.69, 9.17) is 11.6 Å². The van der Waals surface area contributed by atoms with Crippen molar-refractivity contribution in [1.82, 2.24) is 5.32 Å². The largest absolute Gasteiger partial charge is 0.309 e. The van der Waals surface area contributed by atoms with Gasteiger partial charge in [0.1, 0.15) is 5.82 Å². The summed E-state index contributed by atoms with van der Waals surface area (Å²) in [5.41, 5.74) is 2.60. The van der Waals surface area contributed by atoms with Gasteiger partial charge in [-0.15, -0.1) is 0 Å². The fraction of sp³-hybridized carbons (Fsp3) is 0.200. The van der Waals surface area contributed by atoms with Crippen molar-refractivity contribution in [3.8, 4) is 0 Å². The molecule has 0 aliphatic carbocycles. The summed E-state index contributed by atoms with van der Waals surface area (Å²) in [5, 5.41) is 3.82. The number of rotatable bonds is 3. The van der Waals surface area contributed by atoms with Crippen LogP contribution in [0.4, 0.5) is 4.39 Å². The van der Waals surface area contributed by atoms with Crippen LogP contribution in [0.25, 0.3) is 0 Å². The zero-order valence-electron chi connectivity index (χ0n) is 10.4. The average molecular weight is 264 g/mol. The first-order valence-corrected chi connectivity index (χ1v) is 6.19. The Hall–Kier alpha value is -1.38. The molecule has 2 aromatic rings. The van der Waals surface area contributed by atoms with Gasteiger partial charge in [-0.25, -0.2) is 4.39 Å². The minimum atomic E-state index is -0.214. The molecule has 1 atom stereocenters. The molecular formula is C15H15ClFN. The summed E-state index contributed by atoms with van der Waals surface area (Å²) in [7, 11) is 1.81. The second kappa shape index (κ2) is 5.51. The third kappa shape index (κ3) is 2.55. The van der Waals surface area contributed by atoms with Crippen LogP contribution in [0, 0.1) is 12.7 Å². The van der Waals surface area contributed by atoms with E-state index in [9.17, 15) is 4.39 Å². The monoisotopic (exact) mass is 263 g/mol. The molecule has 0 bridgehead atoms. The molecule has 0 aliphatic heterocycles. The van der Waals surface area contributed by atoms with Crippen LogP contribution < -0.4 is 5.32 Å². The highest BCUT2D eigenvalue weighted by atomic mass is 35.5. The Morgan fingerprint density at radius 3 is 2.50 bits per heavy atom. The molecule has 0 radical (unpaired) electrons. The molecule has 0 spiro atoms. The number of benzene rings is 2. The van der Waals surface area contributed by atoms with Crippen molar-refractivity contribution in [2.45, 2.75) is 13.0 Å². The van der Waals surface area contributed by atoms with E-state index in [0.717, 1.165) is 11.1 Å². The molecule has 0 fully saturated rings. The highest BCUT2D eigenvalue weighted by Gasteiger charge is 2.16. The van der Waals surface area contributed by atoms with Gasteiger partial charge in [0.05, 0.1) is 6.04 Å². The van der Waals surface area contributed by atoms with Crippen LogP contribution in [0.1, 0.15) is 22.7 Å². The minimum Gasteiger partial charge on any atom is -0.309 e. The molecule has 1 nitrogen and oxygen atoms in total. The van der Waals surface area contributed by atoms with Gasteiger partial charge in [0.25, 0.3) is 0 Å². The van der Waals surface area contributed by atoms with Gasteiger partial charge in [0.15, 0.2) is 0 Å². The van der Waals surface area contributed by atoms with Gasteiger partial charge in [0, 0.05) is 10.6 Å². The van der Waals surface area contributed by atoms with Crippen LogP contribution in [-0.2, 0) is 0 Å². The van der Waals surface area contributed by atoms with Crippen molar-refractivity contribution >= 4 is 11.6 Å². The fourth-order valence-corrected chi connectivity index (χ4v) is 2.19. The van der Waals surface area contributed by atoms with Crippen molar-refractivity contribution in [2.75, 3.05) is 7.05 Å². The minimum absolute atomic E-state index is 0.190. The van der Waals surface area contributed by atoms with Gasteiger partial charge in [0.2, 0.25) is 0 Å². The molecule has 0 amide bonds. The third-order valence-electron chi connectivity index (χ3n) is 3.03. The topological polar surface area (TPSA) is 12.0 Å². The van der Waals surface area contributed by atoms with Crippen LogP contribution in [-0.4, -0.2) is 7.05 Å². The second-order valence-corrected chi connectivity index (χ2v) is 4.66. The molecule has 1 unspecified atom stereocenters. The van der Waals surface area contributed by atoms with Crippen molar-refractivity contribution in [1.29, 1.82) is 0 Å². The lowest BCUT2D eigenvalue weighted by atomic mass is 9.97. The van der Waals surface area contributed by atoms with Crippen molar-refractivity contribution < 1.29 is 4.39 Å². The molecule has 18 heavy (non-hydrogen) atoms. The molecule has 0 aliphatic rings. The Morgan fingerprint density at radius 2 is 1.89 bits per heavy atom.